The van der Waals surface area contributed by atoms with E-state index in [0.717, 1.165) is 26.5 Å². The molecule has 4 N–H and O–H groups in total. The number of imide groups is 1. The van der Waals surface area contributed by atoms with Crippen LogP contribution < -0.4 is 5.73 Å². The first kappa shape index (κ1) is 24.7. The Labute approximate surface area is 161 Å². The number of hydrogen-bond donors (Lipinski definition) is 3. The highest BCUT2D eigenvalue weighted by atomic mass is 33.1. The molecule has 8 nitrogen and oxygen atoms in total. The van der Waals surface area contributed by atoms with E-state index in [2.05, 4.69) is 0 Å². The number of amides is 2. The molecule has 0 aromatic rings. The first-order valence-corrected chi connectivity index (χ1v) is 10.8. The van der Waals surface area contributed by atoms with E-state index in [-0.39, 0.29) is 36.2 Å². The summed E-state index contributed by atoms with van der Waals surface area (Å²) in [5, 5.41) is 18.3. The van der Waals surface area contributed by atoms with Crippen LogP contribution in [0, 0.1) is 11.8 Å². The Morgan fingerprint density at radius 1 is 0.846 bits per heavy atom. The van der Waals surface area contributed by atoms with Crippen LogP contribution in [-0.2, 0) is 19.2 Å². The summed E-state index contributed by atoms with van der Waals surface area (Å²) >= 11 is 0. The maximum absolute atomic E-state index is 12.5. The summed E-state index contributed by atoms with van der Waals surface area (Å²) < 4.78 is 0. The normalized spacial score (nSPS) is 13.5. The van der Waals surface area contributed by atoms with Crippen molar-refractivity contribution in [2.24, 2.45) is 17.6 Å². The Balaban J connectivity index is 5.13. The fourth-order valence-corrected chi connectivity index (χ4v) is 4.25. The van der Waals surface area contributed by atoms with E-state index in [9.17, 15) is 24.3 Å². The summed E-state index contributed by atoms with van der Waals surface area (Å²) in [6.45, 7) is 7.26. The van der Waals surface area contributed by atoms with Crippen molar-refractivity contribution in [1.29, 1.82) is 0 Å². The van der Waals surface area contributed by atoms with Crippen molar-refractivity contribution in [2.45, 2.75) is 52.6 Å². The van der Waals surface area contributed by atoms with Crippen LogP contribution in [0.25, 0.3) is 0 Å². The van der Waals surface area contributed by atoms with Crippen LogP contribution in [0.2, 0.25) is 0 Å². The lowest BCUT2D eigenvalue weighted by Gasteiger charge is -2.28. The second-order valence-electron chi connectivity index (χ2n) is 6.72. The van der Waals surface area contributed by atoms with Crippen molar-refractivity contribution in [3.8, 4) is 0 Å². The van der Waals surface area contributed by atoms with Gasteiger partial charge in [-0.15, -0.1) is 0 Å². The van der Waals surface area contributed by atoms with Gasteiger partial charge >= 0.3 is 11.9 Å². The minimum Gasteiger partial charge on any atom is -0.480 e. The molecule has 26 heavy (non-hydrogen) atoms. The molecule has 2 atom stereocenters. The monoisotopic (exact) mass is 408 g/mol. The van der Waals surface area contributed by atoms with Gasteiger partial charge in [0.1, 0.15) is 12.1 Å². The summed E-state index contributed by atoms with van der Waals surface area (Å²) in [5.41, 5.74) is 5.39. The molecule has 0 bridgehead atoms. The second-order valence-corrected chi connectivity index (χ2v) is 9.27. The van der Waals surface area contributed by atoms with Gasteiger partial charge < -0.3 is 15.9 Å². The van der Waals surface area contributed by atoms with Crippen LogP contribution in [0.3, 0.4) is 0 Å². The van der Waals surface area contributed by atoms with E-state index in [4.69, 9.17) is 10.8 Å². The topological polar surface area (TPSA) is 138 Å². The van der Waals surface area contributed by atoms with Gasteiger partial charge in [-0.05, 0) is 11.8 Å². The average molecular weight is 409 g/mol. The van der Waals surface area contributed by atoms with Gasteiger partial charge in [-0.2, -0.15) is 0 Å². The lowest BCUT2D eigenvalue weighted by Crippen LogP contribution is -2.50. The van der Waals surface area contributed by atoms with Crippen molar-refractivity contribution in [2.75, 3.05) is 11.5 Å². The molecule has 1 unspecified atom stereocenters. The molecule has 0 aromatic carbocycles. The van der Waals surface area contributed by atoms with Gasteiger partial charge in [0.2, 0.25) is 11.8 Å². The van der Waals surface area contributed by atoms with Crippen LogP contribution in [0.1, 0.15) is 40.5 Å². The highest BCUT2D eigenvalue weighted by molar-refractivity contribution is 8.76. The van der Waals surface area contributed by atoms with Crippen LogP contribution >= 0.6 is 21.6 Å². The molecule has 0 radical (unpaired) electrons. The smallest absolute Gasteiger partial charge is 0.327 e. The summed E-state index contributed by atoms with van der Waals surface area (Å²) in [5.74, 6) is -3.41. The predicted octanol–water partition coefficient (Wildman–Crippen LogP) is 1.68. The molecule has 2 amide bonds. The van der Waals surface area contributed by atoms with Gasteiger partial charge in [-0.1, -0.05) is 49.3 Å². The molecule has 0 heterocycles. The number of nitrogens with two attached hydrogens (primary N) is 1. The van der Waals surface area contributed by atoms with Crippen molar-refractivity contribution >= 4 is 45.3 Å². The summed E-state index contributed by atoms with van der Waals surface area (Å²) in [6.07, 6.45) is 0.157. The molecule has 0 aromatic heterocycles. The number of carbonyl (C=O) groups is 4. The molecular weight excluding hydrogens is 380 g/mol. The fourth-order valence-electron chi connectivity index (χ4n) is 1.94. The van der Waals surface area contributed by atoms with E-state index in [1.807, 2.05) is 27.7 Å². The van der Waals surface area contributed by atoms with Crippen LogP contribution in [0.15, 0.2) is 0 Å². The third-order valence-electron chi connectivity index (χ3n) is 3.17. The van der Waals surface area contributed by atoms with E-state index < -0.39 is 35.8 Å². The zero-order chi connectivity index (χ0) is 20.4. The van der Waals surface area contributed by atoms with Gasteiger partial charge in [-0.3, -0.25) is 19.3 Å². The predicted molar refractivity (Wildman–Crippen MR) is 103 cm³/mol. The van der Waals surface area contributed by atoms with Gasteiger partial charge in [-0.25, -0.2) is 4.79 Å². The van der Waals surface area contributed by atoms with E-state index in [1.165, 1.54) is 0 Å². The Morgan fingerprint density at radius 2 is 1.27 bits per heavy atom. The SMILES string of the molecule is CC(C)CC(=O)N(C(=O)CC(C)C)[C@@H](CSSCC(N)C(=O)O)C(=O)O. The molecule has 0 aliphatic heterocycles. The molecule has 10 heteroatoms. The van der Waals surface area contributed by atoms with Crippen molar-refractivity contribution in [1.82, 2.24) is 4.90 Å². The van der Waals surface area contributed by atoms with E-state index in [1.54, 1.807) is 0 Å². The lowest BCUT2D eigenvalue weighted by atomic mass is 10.1. The molecule has 0 fully saturated rings. The maximum atomic E-state index is 12.5. The Morgan fingerprint density at radius 3 is 1.62 bits per heavy atom. The van der Waals surface area contributed by atoms with Crippen LogP contribution in [-0.4, -0.2) is 62.5 Å². The van der Waals surface area contributed by atoms with Crippen LogP contribution in [0.4, 0.5) is 0 Å². The summed E-state index contributed by atoms with van der Waals surface area (Å²) in [4.78, 5) is 48.2. The van der Waals surface area contributed by atoms with Crippen molar-refractivity contribution in [3.63, 3.8) is 0 Å². The Kier molecular flexibility index (Phi) is 11.6. The van der Waals surface area contributed by atoms with Gasteiger partial charge in [0, 0.05) is 24.3 Å². The number of nitrogens with zero attached hydrogens (tertiary/aromatic N) is 1. The molecule has 0 spiro atoms. The molecule has 0 saturated carbocycles. The lowest BCUT2D eigenvalue weighted by molar-refractivity contribution is -0.157. The summed E-state index contributed by atoms with van der Waals surface area (Å²) in [7, 11) is 2.19. The first-order chi connectivity index (χ1) is 12.0. The molecule has 0 aliphatic carbocycles. The number of hydrogen-bond acceptors (Lipinski definition) is 7. The Hall–Kier alpha value is -1.26. The molecule has 0 rings (SSSR count). The molecular formula is C16H28N2O6S2. The van der Waals surface area contributed by atoms with E-state index >= 15 is 0 Å². The maximum Gasteiger partial charge on any atom is 0.327 e. The minimum atomic E-state index is -1.30. The number of carbonyl (C=O) groups excluding carboxylic acids is 2. The third-order valence-corrected chi connectivity index (χ3v) is 5.60. The molecule has 0 saturated heterocycles. The van der Waals surface area contributed by atoms with E-state index in [0.29, 0.717) is 0 Å². The standard InChI is InChI=1S/C16H28N2O6S2/c1-9(2)5-13(19)18(14(20)6-10(3)4)12(16(23)24)8-26-25-7-11(17)15(21)22/h9-12H,5-8,17H2,1-4H3,(H,21,22)(H,23,24)/t11?,12-/m0/s1. The average Bonchev–Trinajstić information content (AvgIpc) is 2.47. The fraction of sp³-hybridized carbons (Fsp3) is 0.750. The van der Waals surface area contributed by atoms with Crippen molar-refractivity contribution < 1.29 is 29.4 Å². The zero-order valence-electron chi connectivity index (χ0n) is 15.5. The number of carboxylic acid groups (broad SMARTS) is 2. The molecule has 150 valence electrons. The largest absolute Gasteiger partial charge is 0.480 e. The zero-order valence-corrected chi connectivity index (χ0v) is 17.1. The van der Waals surface area contributed by atoms with Gasteiger partial charge in [0.05, 0.1) is 0 Å². The van der Waals surface area contributed by atoms with Gasteiger partial charge in [0.15, 0.2) is 0 Å². The Bertz CT molecular complexity index is 491. The molecule has 0 aliphatic rings. The highest BCUT2D eigenvalue weighted by Crippen LogP contribution is 2.25. The highest BCUT2D eigenvalue weighted by Gasteiger charge is 2.35. The van der Waals surface area contributed by atoms with Crippen molar-refractivity contribution in [3.05, 3.63) is 0 Å². The third kappa shape index (κ3) is 9.44. The van der Waals surface area contributed by atoms with Gasteiger partial charge in [0.25, 0.3) is 0 Å². The quantitative estimate of drug-likeness (QED) is 0.325. The minimum absolute atomic E-state index is 0.0121. The summed E-state index contributed by atoms with van der Waals surface area (Å²) in [6, 6.07) is -2.36. The second kappa shape index (κ2) is 12.2. The first-order valence-electron chi connectivity index (χ1n) is 8.27. The number of rotatable bonds is 12. The van der Waals surface area contributed by atoms with Crippen LogP contribution in [0.5, 0.6) is 0 Å². The number of aliphatic carboxylic acids is 2. The number of carboxylic acids is 2.